The third kappa shape index (κ3) is 5.65. The van der Waals surface area contributed by atoms with E-state index in [0.29, 0.717) is 10.6 Å². The van der Waals surface area contributed by atoms with Gasteiger partial charge in [-0.3, -0.25) is 9.69 Å². The molecule has 0 N–H and O–H groups in total. The van der Waals surface area contributed by atoms with E-state index in [1.54, 1.807) is 4.90 Å². The summed E-state index contributed by atoms with van der Waals surface area (Å²) < 4.78 is 0.977. The second-order valence-electron chi connectivity index (χ2n) is 7.59. The Balaban J connectivity index is 1.92. The summed E-state index contributed by atoms with van der Waals surface area (Å²) in [6, 6.07) is 32.2. The fourth-order valence-corrected chi connectivity index (χ4v) is 4.67. The number of carbonyl (C=O) groups excluding carboxylic acids is 1. The zero-order chi connectivity index (χ0) is 23.2. The first-order valence-corrected chi connectivity index (χ1v) is 12.0. The molecule has 0 radical (unpaired) electrons. The van der Waals surface area contributed by atoms with Crippen molar-refractivity contribution >= 4 is 45.8 Å². The van der Waals surface area contributed by atoms with Crippen molar-refractivity contribution in [2.24, 2.45) is 0 Å². The smallest absolute Gasteiger partial charge is 0.259 e. The topological polar surface area (TPSA) is 20.3 Å². The maximum absolute atomic E-state index is 13.9. The molecule has 0 fully saturated rings. The van der Waals surface area contributed by atoms with Gasteiger partial charge in [0.1, 0.15) is 6.04 Å². The van der Waals surface area contributed by atoms with Crippen LogP contribution in [-0.4, -0.2) is 5.91 Å². The van der Waals surface area contributed by atoms with Crippen LogP contribution in [-0.2, 0) is 0 Å². The van der Waals surface area contributed by atoms with Crippen LogP contribution in [0.4, 0.5) is 5.69 Å². The Labute approximate surface area is 213 Å². The highest BCUT2D eigenvalue weighted by Crippen LogP contribution is 2.34. The van der Waals surface area contributed by atoms with Gasteiger partial charge in [0.25, 0.3) is 5.91 Å². The number of hydrogen-bond donors (Lipinski definition) is 0. The van der Waals surface area contributed by atoms with Crippen LogP contribution < -0.4 is 4.90 Å². The van der Waals surface area contributed by atoms with E-state index in [1.165, 1.54) is 0 Å². The van der Waals surface area contributed by atoms with Gasteiger partial charge in [-0.05, 0) is 89.2 Å². The Morgan fingerprint density at radius 2 is 1.58 bits per heavy atom. The average molecular weight is 562 g/mol. The molecule has 4 heteroatoms. The van der Waals surface area contributed by atoms with Gasteiger partial charge in [-0.2, -0.15) is 0 Å². The number of anilines is 1. The van der Waals surface area contributed by atoms with E-state index in [1.807, 2.05) is 104 Å². The highest BCUT2D eigenvalue weighted by Gasteiger charge is 2.28. The van der Waals surface area contributed by atoms with Crippen LogP contribution >= 0.6 is 34.2 Å². The molecule has 1 atom stereocenters. The van der Waals surface area contributed by atoms with Gasteiger partial charge in [-0.1, -0.05) is 78.0 Å². The van der Waals surface area contributed by atoms with Gasteiger partial charge in [-0.15, -0.1) is 0 Å². The SMILES string of the molecule is Cc1ccc(N(C(=O)c2ccccc2)C(C#Cc2ccccc2)c2cccc(Cl)c2)c(I)c1. The van der Waals surface area contributed by atoms with E-state index in [4.69, 9.17) is 11.6 Å². The first kappa shape index (κ1) is 23.1. The highest BCUT2D eigenvalue weighted by molar-refractivity contribution is 14.1. The Hall–Kier alpha value is -3.07. The van der Waals surface area contributed by atoms with Crippen LogP contribution in [0.25, 0.3) is 0 Å². The number of nitrogens with zero attached hydrogens (tertiary/aromatic N) is 1. The van der Waals surface area contributed by atoms with Crippen LogP contribution in [0.2, 0.25) is 5.02 Å². The summed E-state index contributed by atoms with van der Waals surface area (Å²) in [5.41, 5.74) is 4.27. The molecule has 0 heterocycles. The maximum atomic E-state index is 13.9. The number of rotatable bonds is 4. The molecule has 0 bridgehead atoms. The van der Waals surface area contributed by atoms with E-state index >= 15 is 0 Å². The van der Waals surface area contributed by atoms with Crippen molar-refractivity contribution in [2.45, 2.75) is 13.0 Å². The van der Waals surface area contributed by atoms with Gasteiger partial charge < -0.3 is 0 Å². The van der Waals surface area contributed by atoms with Crippen molar-refractivity contribution in [2.75, 3.05) is 4.90 Å². The predicted molar refractivity (Wildman–Crippen MR) is 145 cm³/mol. The Morgan fingerprint density at radius 3 is 2.24 bits per heavy atom. The van der Waals surface area contributed by atoms with Crippen LogP contribution in [0.5, 0.6) is 0 Å². The molecular formula is C29H21ClINO. The fraction of sp³-hybridized carbons (Fsp3) is 0.0690. The van der Waals surface area contributed by atoms with Crippen molar-refractivity contribution in [3.05, 3.63) is 134 Å². The molecule has 1 amide bonds. The molecule has 0 saturated carbocycles. The summed E-state index contributed by atoms with van der Waals surface area (Å²) in [6.45, 7) is 2.04. The first-order valence-electron chi connectivity index (χ1n) is 10.5. The average Bonchev–Trinajstić information content (AvgIpc) is 2.83. The summed E-state index contributed by atoms with van der Waals surface area (Å²) in [6.07, 6.45) is 0. The number of hydrogen-bond acceptors (Lipinski definition) is 1. The number of halogens is 2. The predicted octanol–water partition coefficient (Wildman–Crippen LogP) is 7.69. The summed E-state index contributed by atoms with van der Waals surface area (Å²) in [5, 5.41) is 0.602. The van der Waals surface area contributed by atoms with E-state index in [9.17, 15) is 4.79 Å². The summed E-state index contributed by atoms with van der Waals surface area (Å²) >= 11 is 8.64. The van der Waals surface area contributed by atoms with Gasteiger partial charge in [0.15, 0.2) is 0 Å². The van der Waals surface area contributed by atoms with Gasteiger partial charge in [0.05, 0.1) is 5.69 Å². The molecule has 0 aliphatic heterocycles. The molecular weight excluding hydrogens is 541 g/mol. The zero-order valence-electron chi connectivity index (χ0n) is 18.0. The highest BCUT2D eigenvalue weighted by atomic mass is 127. The van der Waals surface area contributed by atoms with Gasteiger partial charge in [0.2, 0.25) is 0 Å². The lowest BCUT2D eigenvalue weighted by atomic mass is 10.0. The summed E-state index contributed by atoms with van der Waals surface area (Å²) in [4.78, 5) is 15.7. The number of carbonyl (C=O) groups is 1. The van der Waals surface area contributed by atoms with E-state index in [-0.39, 0.29) is 5.91 Å². The largest absolute Gasteiger partial charge is 0.289 e. The van der Waals surface area contributed by atoms with Crippen LogP contribution in [0, 0.1) is 22.3 Å². The Bertz CT molecular complexity index is 1330. The zero-order valence-corrected chi connectivity index (χ0v) is 20.9. The molecule has 0 aliphatic carbocycles. The maximum Gasteiger partial charge on any atom is 0.259 e. The van der Waals surface area contributed by atoms with Gasteiger partial charge in [0, 0.05) is 19.7 Å². The molecule has 33 heavy (non-hydrogen) atoms. The van der Waals surface area contributed by atoms with Crippen LogP contribution in [0.3, 0.4) is 0 Å². The van der Waals surface area contributed by atoms with Crippen molar-refractivity contribution in [1.29, 1.82) is 0 Å². The molecule has 0 saturated heterocycles. The second kappa shape index (κ2) is 10.7. The lowest BCUT2D eigenvalue weighted by Gasteiger charge is -2.30. The Kier molecular flexibility index (Phi) is 7.49. The third-order valence-electron chi connectivity index (χ3n) is 5.15. The molecule has 2 nitrogen and oxygen atoms in total. The first-order chi connectivity index (χ1) is 16.0. The fourth-order valence-electron chi connectivity index (χ4n) is 3.54. The minimum absolute atomic E-state index is 0.121. The standard InChI is InChI=1S/C29H21ClINO/c1-21-15-17-28(26(31)19-21)32(29(33)23-11-6-3-7-12-23)27(24-13-8-14-25(30)20-24)18-16-22-9-4-2-5-10-22/h2-15,17,19-20,27H,1H3. The molecule has 4 aromatic rings. The van der Waals surface area contributed by atoms with Gasteiger partial charge in [-0.25, -0.2) is 0 Å². The molecule has 0 aliphatic rings. The number of benzene rings is 4. The monoisotopic (exact) mass is 561 g/mol. The summed E-state index contributed by atoms with van der Waals surface area (Å²) in [5.74, 6) is 6.50. The molecule has 1 unspecified atom stereocenters. The van der Waals surface area contributed by atoms with Gasteiger partial charge >= 0.3 is 0 Å². The molecule has 162 valence electrons. The quantitative estimate of drug-likeness (QED) is 0.185. The van der Waals surface area contributed by atoms with Crippen molar-refractivity contribution < 1.29 is 4.79 Å². The normalized spacial score (nSPS) is 11.2. The van der Waals surface area contributed by atoms with E-state index in [0.717, 1.165) is 25.9 Å². The lowest BCUT2D eigenvalue weighted by molar-refractivity contribution is 0.0981. The molecule has 0 spiro atoms. The van der Waals surface area contributed by atoms with Crippen molar-refractivity contribution in [3.8, 4) is 11.8 Å². The van der Waals surface area contributed by atoms with E-state index in [2.05, 4.69) is 40.5 Å². The van der Waals surface area contributed by atoms with Crippen molar-refractivity contribution in [1.82, 2.24) is 0 Å². The molecule has 4 aromatic carbocycles. The van der Waals surface area contributed by atoms with Crippen molar-refractivity contribution in [3.63, 3.8) is 0 Å². The minimum Gasteiger partial charge on any atom is -0.289 e. The van der Waals surface area contributed by atoms with Crippen LogP contribution in [0.1, 0.15) is 33.1 Å². The summed E-state index contributed by atoms with van der Waals surface area (Å²) in [7, 11) is 0. The Morgan fingerprint density at radius 1 is 0.879 bits per heavy atom. The van der Waals surface area contributed by atoms with Crippen LogP contribution in [0.15, 0.2) is 103 Å². The number of amides is 1. The van der Waals surface area contributed by atoms with E-state index < -0.39 is 6.04 Å². The number of aryl methyl sites for hydroxylation is 1. The minimum atomic E-state index is -0.534. The lowest BCUT2D eigenvalue weighted by Crippen LogP contribution is -2.35. The third-order valence-corrected chi connectivity index (χ3v) is 6.25. The molecule has 4 rings (SSSR count). The molecule has 0 aromatic heterocycles. The second-order valence-corrected chi connectivity index (χ2v) is 9.19.